The summed E-state index contributed by atoms with van der Waals surface area (Å²) in [6.45, 7) is 4.51. The molecule has 13 heavy (non-hydrogen) atoms. The van der Waals surface area contributed by atoms with Crippen LogP contribution in [0, 0.1) is 12.7 Å². The minimum atomic E-state index is -0.217. The Morgan fingerprint density at radius 2 is 2.15 bits per heavy atom. The van der Waals surface area contributed by atoms with E-state index in [4.69, 9.17) is 5.73 Å². The molecule has 1 nitrogen and oxygen atoms in total. The van der Waals surface area contributed by atoms with Gasteiger partial charge in [-0.25, -0.2) is 4.39 Å². The third-order valence-corrected chi connectivity index (χ3v) is 3.24. The van der Waals surface area contributed by atoms with Crippen molar-refractivity contribution in [2.75, 3.05) is 6.54 Å². The van der Waals surface area contributed by atoms with Crippen molar-refractivity contribution in [3.63, 3.8) is 0 Å². The Kier molecular flexibility index (Phi) is 3.45. The van der Waals surface area contributed by atoms with Crippen LogP contribution in [0.2, 0.25) is 0 Å². The third-order valence-electron chi connectivity index (χ3n) is 2.27. The lowest BCUT2D eigenvalue weighted by Crippen LogP contribution is -2.10. The van der Waals surface area contributed by atoms with Crippen molar-refractivity contribution < 1.29 is 4.39 Å². The summed E-state index contributed by atoms with van der Waals surface area (Å²) in [6, 6.07) is 3.27. The molecule has 0 aromatic heterocycles. The molecule has 0 saturated heterocycles. The Morgan fingerprint density at radius 3 is 2.69 bits per heavy atom. The minimum Gasteiger partial charge on any atom is -0.330 e. The highest BCUT2D eigenvalue weighted by molar-refractivity contribution is 9.10. The van der Waals surface area contributed by atoms with Crippen molar-refractivity contribution in [2.24, 2.45) is 5.73 Å². The Labute approximate surface area is 86.3 Å². The number of rotatable bonds is 2. The van der Waals surface area contributed by atoms with E-state index in [1.165, 1.54) is 6.07 Å². The second-order valence-electron chi connectivity index (χ2n) is 3.21. The molecular weight excluding hydrogens is 233 g/mol. The predicted octanol–water partition coefficient (Wildman–Crippen LogP) is 2.96. The molecule has 0 aliphatic heterocycles. The maximum Gasteiger partial charge on any atom is 0.137 e. The van der Waals surface area contributed by atoms with Gasteiger partial charge in [0.15, 0.2) is 0 Å². The molecular formula is C10H13BrFN. The Bertz CT molecular complexity index is 312. The van der Waals surface area contributed by atoms with Gasteiger partial charge in [0, 0.05) is 0 Å². The van der Waals surface area contributed by atoms with E-state index in [1.807, 2.05) is 13.8 Å². The Hall–Kier alpha value is -0.410. The van der Waals surface area contributed by atoms with Gasteiger partial charge < -0.3 is 5.73 Å². The summed E-state index contributed by atoms with van der Waals surface area (Å²) < 4.78 is 13.6. The number of benzene rings is 1. The van der Waals surface area contributed by atoms with E-state index in [2.05, 4.69) is 15.9 Å². The lowest BCUT2D eigenvalue weighted by molar-refractivity contribution is 0.616. The maximum atomic E-state index is 13.0. The van der Waals surface area contributed by atoms with E-state index in [-0.39, 0.29) is 11.7 Å². The first kappa shape index (κ1) is 10.7. The largest absolute Gasteiger partial charge is 0.330 e. The quantitative estimate of drug-likeness (QED) is 0.852. The van der Waals surface area contributed by atoms with E-state index < -0.39 is 0 Å². The average Bonchev–Trinajstić information content (AvgIpc) is 2.13. The molecule has 1 rings (SSSR count). The summed E-state index contributed by atoms with van der Waals surface area (Å²) in [4.78, 5) is 0. The van der Waals surface area contributed by atoms with Crippen LogP contribution in [0.3, 0.4) is 0 Å². The lowest BCUT2D eigenvalue weighted by Gasteiger charge is -2.13. The van der Waals surface area contributed by atoms with E-state index in [9.17, 15) is 4.39 Å². The van der Waals surface area contributed by atoms with Crippen LogP contribution >= 0.6 is 15.9 Å². The van der Waals surface area contributed by atoms with Gasteiger partial charge in [0.2, 0.25) is 0 Å². The molecule has 0 spiro atoms. The van der Waals surface area contributed by atoms with Crippen molar-refractivity contribution >= 4 is 15.9 Å². The maximum absolute atomic E-state index is 13.0. The summed E-state index contributed by atoms with van der Waals surface area (Å²) >= 11 is 3.21. The van der Waals surface area contributed by atoms with E-state index in [0.717, 1.165) is 11.1 Å². The van der Waals surface area contributed by atoms with Crippen molar-refractivity contribution in [2.45, 2.75) is 19.8 Å². The summed E-state index contributed by atoms with van der Waals surface area (Å²) in [5, 5.41) is 0. The fraction of sp³-hybridized carbons (Fsp3) is 0.400. The van der Waals surface area contributed by atoms with Gasteiger partial charge in [-0.2, -0.15) is 0 Å². The van der Waals surface area contributed by atoms with Crippen molar-refractivity contribution in [3.8, 4) is 0 Å². The zero-order valence-electron chi connectivity index (χ0n) is 7.77. The highest BCUT2D eigenvalue weighted by atomic mass is 79.9. The van der Waals surface area contributed by atoms with Gasteiger partial charge >= 0.3 is 0 Å². The number of nitrogens with two attached hydrogens (primary N) is 1. The minimum absolute atomic E-state index is 0.217. The molecule has 0 heterocycles. The first-order chi connectivity index (χ1) is 6.07. The van der Waals surface area contributed by atoms with E-state index in [0.29, 0.717) is 11.0 Å². The van der Waals surface area contributed by atoms with Gasteiger partial charge in [-0.1, -0.05) is 13.0 Å². The fourth-order valence-electron chi connectivity index (χ4n) is 1.33. The van der Waals surface area contributed by atoms with Crippen molar-refractivity contribution in [1.82, 2.24) is 0 Å². The third kappa shape index (κ3) is 2.09. The summed E-state index contributed by atoms with van der Waals surface area (Å²) in [6.07, 6.45) is 0. The van der Waals surface area contributed by atoms with Crippen LogP contribution in [-0.4, -0.2) is 6.54 Å². The molecule has 0 radical (unpaired) electrons. The monoisotopic (exact) mass is 245 g/mol. The number of hydrogen-bond acceptors (Lipinski definition) is 1. The Balaban J connectivity index is 3.18. The molecule has 1 atom stereocenters. The lowest BCUT2D eigenvalue weighted by atomic mass is 9.96. The molecule has 0 fully saturated rings. The fourth-order valence-corrected chi connectivity index (χ4v) is 1.69. The van der Waals surface area contributed by atoms with Crippen molar-refractivity contribution in [3.05, 3.63) is 33.5 Å². The zero-order chi connectivity index (χ0) is 10.0. The molecule has 3 heteroatoms. The highest BCUT2D eigenvalue weighted by Gasteiger charge is 2.11. The summed E-state index contributed by atoms with van der Waals surface area (Å²) in [5.74, 6) is 0.0578. The van der Waals surface area contributed by atoms with Gasteiger partial charge in [-0.05, 0) is 52.5 Å². The van der Waals surface area contributed by atoms with Crippen molar-refractivity contribution in [1.29, 1.82) is 0 Å². The van der Waals surface area contributed by atoms with E-state index in [1.54, 1.807) is 6.07 Å². The summed E-state index contributed by atoms with van der Waals surface area (Å²) in [5.41, 5.74) is 7.60. The van der Waals surface area contributed by atoms with Crippen LogP contribution in [-0.2, 0) is 0 Å². The van der Waals surface area contributed by atoms with Crippen LogP contribution in [0.25, 0.3) is 0 Å². The van der Waals surface area contributed by atoms with E-state index >= 15 is 0 Å². The summed E-state index contributed by atoms with van der Waals surface area (Å²) in [7, 11) is 0. The molecule has 1 aromatic carbocycles. The van der Waals surface area contributed by atoms with Crippen LogP contribution in [0.1, 0.15) is 24.0 Å². The van der Waals surface area contributed by atoms with Crippen LogP contribution < -0.4 is 5.73 Å². The SMILES string of the molecule is Cc1c(C(C)CN)ccc(F)c1Br. The first-order valence-electron chi connectivity index (χ1n) is 4.22. The molecule has 0 amide bonds. The van der Waals surface area contributed by atoms with Gasteiger partial charge in [-0.3, -0.25) is 0 Å². The number of hydrogen-bond donors (Lipinski definition) is 1. The second kappa shape index (κ2) is 4.20. The van der Waals surface area contributed by atoms with Crippen LogP contribution in [0.5, 0.6) is 0 Å². The highest BCUT2D eigenvalue weighted by Crippen LogP contribution is 2.27. The smallest absolute Gasteiger partial charge is 0.137 e. The topological polar surface area (TPSA) is 26.0 Å². The molecule has 72 valence electrons. The Morgan fingerprint density at radius 1 is 1.54 bits per heavy atom. The van der Waals surface area contributed by atoms with Gasteiger partial charge in [0.25, 0.3) is 0 Å². The average molecular weight is 246 g/mol. The molecule has 0 aliphatic carbocycles. The number of halogens is 2. The zero-order valence-corrected chi connectivity index (χ0v) is 9.36. The standard InChI is InChI=1S/C10H13BrFN/c1-6(5-13)8-3-4-9(12)10(11)7(8)2/h3-4,6H,5,13H2,1-2H3. The molecule has 0 bridgehead atoms. The molecule has 0 saturated carbocycles. The molecule has 0 aliphatic rings. The predicted molar refractivity (Wildman–Crippen MR) is 56.3 cm³/mol. The molecule has 1 unspecified atom stereocenters. The molecule has 1 aromatic rings. The van der Waals surface area contributed by atoms with Crippen LogP contribution in [0.4, 0.5) is 4.39 Å². The van der Waals surface area contributed by atoms with Gasteiger partial charge in [0.05, 0.1) is 4.47 Å². The van der Waals surface area contributed by atoms with Gasteiger partial charge in [-0.15, -0.1) is 0 Å². The van der Waals surface area contributed by atoms with Gasteiger partial charge in [0.1, 0.15) is 5.82 Å². The molecule has 2 N–H and O–H groups in total. The van der Waals surface area contributed by atoms with Crippen LogP contribution in [0.15, 0.2) is 16.6 Å². The second-order valence-corrected chi connectivity index (χ2v) is 4.01. The normalized spacial score (nSPS) is 13.0. The first-order valence-corrected chi connectivity index (χ1v) is 5.01.